The van der Waals surface area contributed by atoms with Gasteiger partial charge in [0.15, 0.2) is 0 Å². The van der Waals surface area contributed by atoms with Gasteiger partial charge in [-0.3, -0.25) is 14.4 Å². The van der Waals surface area contributed by atoms with Gasteiger partial charge in [-0.15, -0.1) is 0 Å². The van der Waals surface area contributed by atoms with Crippen molar-refractivity contribution in [3.8, 4) is 0 Å². The van der Waals surface area contributed by atoms with E-state index in [0.29, 0.717) is 12.5 Å². The number of carbonyl (C=O) groups is 1. The van der Waals surface area contributed by atoms with Crippen LogP contribution in [-0.4, -0.2) is 73.9 Å². The number of nitrogens with zero attached hydrogens (tertiary/aromatic N) is 5. The van der Waals surface area contributed by atoms with Crippen LogP contribution >= 0.6 is 0 Å². The number of rotatable bonds is 5. The van der Waals surface area contributed by atoms with Crippen LogP contribution in [0.15, 0.2) is 12.7 Å². The quantitative estimate of drug-likeness (QED) is 0.836. The smallest absolute Gasteiger partial charge is 0.222 e. The van der Waals surface area contributed by atoms with Gasteiger partial charge in [0, 0.05) is 45.2 Å². The van der Waals surface area contributed by atoms with Gasteiger partial charge in [-0.05, 0) is 25.7 Å². The number of aliphatic hydroxyl groups excluding tert-OH is 1. The molecular weight excluding hydrogens is 282 g/mol. The fourth-order valence-corrected chi connectivity index (χ4v) is 3.55. The van der Waals surface area contributed by atoms with Crippen molar-refractivity contribution in [3.05, 3.63) is 12.7 Å². The minimum Gasteiger partial charge on any atom is -0.391 e. The molecule has 7 heteroatoms. The molecule has 0 radical (unpaired) electrons. The minimum atomic E-state index is -0.176. The molecule has 22 heavy (non-hydrogen) atoms. The van der Waals surface area contributed by atoms with E-state index in [4.69, 9.17) is 0 Å². The van der Waals surface area contributed by atoms with E-state index in [9.17, 15) is 9.90 Å². The summed E-state index contributed by atoms with van der Waals surface area (Å²) in [5.41, 5.74) is 0. The fraction of sp³-hybridized carbons (Fsp3) is 0.800. The first kappa shape index (κ1) is 15.4. The van der Waals surface area contributed by atoms with Gasteiger partial charge >= 0.3 is 0 Å². The van der Waals surface area contributed by atoms with Crippen molar-refractivity contribution < 1.29 is 9.90 Å². The molecule has 122 valence electrons. The average molecular weight is 307 g/mol. The molecule has 2 fully saturated rings. The van der Waals surface area contributed by atoms with Gasteiger partial charge in [0.2, 0.25) is 5.91 Å². The van der Waals surface area contributed by atoms with Gasteiger partial charge in [-0.1, -0.05) is 0 Å². The highest BCUT2D eigenvalue weighted by Crippen LogP contribution is 2.25. The predicted molar refractivity (Wildman–Crippen MR) is 81.1 cm³/mol. The molecular formula is C15H25N5O2. The molecule has 0 aromatic carbocycles. The lowest BCUT2D eigenvalue weighted by Gasteiger charge is -2.39. The Morgan fingerprint density at radius 2 is 2.05 bits per heavy atom. The summed E-state index contributed by atoms with van der Waals surface area (Å²) in [6.07, 6.45) is 7.50. The Balaban J connectivity index is 1.38. The van der Waals surface area contributed by atoms with E-state index in [2.05, 4.69) is 15.0 Å². The SMILES string of the molecule is O=C(CCCn1cncn1)N1CCN([C@@H]2CCC[C@@H]2O)CC1. The summed E-state index contributed by atoms with van der Waals surface area (Å²) in [4.78, 5) is 20.4. The zero-order chi connectivity index (χ0) is 15.4. The fourth-order valence-electron chi connectivity index (χ4n) is 3.55. The molecule has 3 rings (SSSR count). The molecule has 2 heterocycles. The molecule has 1 aliphatic heterocycles. The topological polar surface area (TPSA) is 74.5 Å². The van der Waals surface area contributed by atoms with Crippen molar-refractivity contribution in [1.29, 1.82) is 0 Å². The number of aliphatic hydroxyl groups is 1. The molecule has 1 amide bonds. The Bertz CT molecular complexity index is 470. The van der Waals surface area contributed by atoms with E-state index in [1.165, 1.54) is 6.33 Å². The van der Waals surface area contributed by atoms with Crippen LogP contribution in [0.2, 0.25) is 0 Å². The van der Waals surface area contributed by atoms with E-state index in [1.54, 1.807) is 11.0 Å². The molecule has 1 aromatic rings. The number of hydrogen-bond donors (Lipinski definition) is 1. The van der Waals surface area contributed by atoms with Crippen LogP contribution < -0.4 is 0 Å². The van der Waals surface area contributed by atoms with Crippen LogP contribution in [-0.2, 0) is 11.3 Å². The monoisotopic (exact) mass is 307 g/mol. The molecule has 0 bridgehead atoms. The second kappa shape index (κ2) is 7.19. The van der Waals surface area contributed by atoms with Gasteiger partial charge in [0.25, 0.3) is 0 Å². The number of aromatic nitrogens is 3. The minimum absolute atomic E-state index is 0.176. The standard InChI is InChI=1S/C15H25N5O2/c21-14-4-1-3-13(14)18-7-9-19(10-8-18)15(22)5-2-6-20-12-16-11-17-20/h11-14,21H,1-10H2/t13-,14+/m1/s1. The molecule has 0 spiro atoms. The highest BCUT2D eigenvalue weighted by molar-refractivity contribution is 5.76. The lowest BCUT2D eigenvalue weighted by Crippen LogP contribution is -2.53. The van der Waals surface area contributed by atoms with Gasteiger partial charge in [0.05, 0.1) is 6.10 Å². The molecule has 2 atom stereocenters. The summed E-state index contributed by atoms with van der Waals surface area (Å²) in [7, 11) is 0. The largest absolute Gasteiger partial charge is 0.391 e. The van der Waals surface area contributed by atoms with Gasteiger partial charge in [-0.2, -0.15) is 5.10 Å². The zero-order valence-corrected chi connectivity index (χ0v) is 13.0. The van der Waals surface area contributed by atoms with Crippen LogP contribution in [0.3, 0.4) is 0 Å². The third kappa shape index (κ3) is 3.64. The second-order valence-electron chi connectivity index (χ2n) is 6.24. The van der Waals surface area contributed by atoms with Crippen molar-refractivity contribution in [2.24, 2.45) is 0 Å². The molecule has 1 saturated carbocycles. The number of carbonyl (C=O) groups excluding carboxylic acids is 1. The van der Waals surface area contributed by atoms with E-state index < -0.39 is 0 Å². The third-order valence-corrected chi connectivity index (χ3v) is 4.82. The molecule has 1 aromatic heterocycles. The lowest BCUT2D eigenvalue weighted by atomic mass is 10.1. The zero-order valence-electron chi connectivity index (χ0n) is 13.0. The summed E-state index contributed by atoms with van der Waals surface area (Å²) in [6.45, 7) is 4.07. The Morgan fingerprint density at radius 1 is 1.23 bits per heavy atom. The second-order valence-corrected chi connectivity index (χ2v) is 6.24. The van der Waals surface area contributed by atoms with Crippen LogP contribution in [0.4, 0.5) is 0 Å². The summed E-state index contributed by atoms with van der Waals surface area (Å²) >= 11 is 0. The van der Waals surface area contributed by atoms with Crippen LogP contribution in [0, 0.1) is 0 Å². The van der Waals surface area contributed by atoms with Crippen LogP contribution in [0.5, 0.6) is 0 Å². The summed E-state index contributed by atoms with van der Waals surface area (Å²) < 4.78 is 1.76. The van der Waals surface area contributed by atoms with E-state index in [1.807, 2.05) is 4.90 Å². The van der Waals surface area contributed by atoms with Crippen molar-refractivity contribution >= 4 is 5.91 Å². The number of piperazine rings is 1. The van der Waals surface area contributed by atoms with Crippen molar-refractivity contribution in [3.63, 3.8) is 0 Å². The summed E-state index contributed by atoms with van der Waals surface area (Å²) in [6, 6.07) is 0.310. The maximum Gasteiger partial charge on any atom is 0.222 e. The first-order valence-electron chi connectivity index (χ1n) is 8.26. The molecule has 1 N–H and O–H groups in total. The van der Waals surface area contributed by atoms with E-state index in [0.717, 1.165) is 58.4 Å². The maximum absolute atomic E-state index is 12.2. The highest BCUT2D eigenvalue weighted by Gasteiger charge is 2.33. The van der Waals surface area contributed by atoms with Gasteiger partial charge < -0.3 is 10.0 Å². The van der Waals surface area contributed by atoms with Crippen molar-refractivity contribution in [2.75, 3.05) is 26.2 Å². The molecule has 7 nitrogen and oxygen atoms in total. The number of hydrogen-bond acceptors (Lipinski definition) is 5. The van der Waals surface area contributed by atoms with Crippen molar-refractivity contribution in [2.45, 2.75) is 50.8 Å². The van der Waals surface area contributed by atoms with Crippen LogP contribution in [0.1, 0.15) is 32.1 Å². The molecule has 0 unspecified atom stereocenters. The maximum atomic E-state index is 12.2. The van der Waals surface area contributed by atoms with E-state index in [-0.39, 0.29) is 12.0 Å². The number of aryl methyl sites for hydroxylation is 1. The molecule has 1 aliphatic carbocycles. The summed E-state index contributed by atoms with van der Waals surface area (Å²) in [5.74, 6) is 0.228. The Labute approximate surface area is 130 Å². The van der Waals surface area contributed by atoms with Crippen molar-refractivity contribution in [1.82, 2.24) is 24.6 Å². The van der Waals surface area contributed by atoms with Crippen LogP contribution in [0.25, 0.3) is 0 Å². The van der Waals surface area contributed by atoms with E-state index >= 15 is 0 Å². The molecule has 1 saturated heterocycles. The first-order chi connectivity index (χ1) is 10.7. The summed E-state index contributed by atoms with van der Waals surface area (Å²) in [5, 5.41) is 14.0. The van der Waals surface area contributed by atoms with Gasteiger partial charge in [0.1, 0.15) is 12.7 Å². The predicted octanol–water partition coefficient (Wildman–Crippen LogP) is 0.116. The Kier molecular flexibility index (Phi) is 5.04. The molecule has 2 aliphatic rings. The van der Waals surface area contributed by atoms with Gasteiger partial charge in [-0.25, -0.2) is 4.98 Å². The average Bonchev–Trinajstić information content (AvgIpc) is 3.19. The Hall–Kier alpha value is -1.47. The Morgan fingerprint density at radius 3 is 2.68 bits per heavy atom. The number of amides is 1. The normalized spacial score (nSPS) is 26.5. The highest BCUT2D eigenvalue weighted by atomic mass is 16.3. The third-order valence-electron chi connectivity index (χ3n) is 4.82. The first-order valence-corrected chi connectivity index (χ1v) is 8.26. The lowest BCUT2D eigenvalue weighted by molar-refractivity contribution is -0.133.